The third-order valence-electron chi connectivity index (χ3n) is 2.29. The first-order valence-electron chi connectivity index (χ1n) is 5.12. The summed E-state index contributed by atoms with van der Waals surface area (Å²) in [5.74, 6) is -0.146. The number of primary sulfonamides is 1. The van der Waals surface area contributed by atoms with Gasteiger partial charge in [0.25, 0.3) is 0 Å². The van der Waals surface area contributed by atoms with Crippen LogP contribution >= 0.6 is 0 Å². The number of carbonyl (C=O) groups excluding carboxylic acids is 1. The van der Waals surface area contributed by atoms with E-state index in [2.05, 4.69) is 21.5 Å². The van der Waals surface area contributed by atoms with E-state index < -0.39 is 16.3 Å². The number of nitrogens with two attached hydrogens (primary N) is 1. The maximum Gasteiger partial charge on any atom is 0.238 e. The van der Waals surface area contributed by atoms with Crippen LogP contribution in [0.3, 0.4) is 0 Å². The van der Waals surface area contributed by atoms with Crippen LogP contribution in [0.4, 0.5) is 5.69 Å². The van der Waals surface area contributed by atoms with Gasteiger partial charge in [0.1, 0.15) is 0 Å². The zero-order valence-corrected chi connectivity index (χ0v) is 10.1. The van der Waals surface area contributed by atoms with Crippen LogP contribution in [0.1, 0.15) is 0 Å². The average molecular weight is 271 g/mol. The number of hydrogen-bond acceptors (Lipinski definition) is 6. The zero-order chi connectivity index (χ0) is 13.2. The van der Waals surface area contributed by atoms with Crippen molar-refractivity contribution in [2.75, 3.05) is 11.9 Å². The van der Waals surface area contributed by atoms with Crippen molar-refractivity contribution in [1.29, 1.82) is 0 Å². The van der Waals surface area contributed by atoms with Crippen LogP contribution in [0.15, 0.2) is 29.2 Å². The summed E-state index contributed by atoms with van der Waals surface area (Å²) < 4.78 is 22.1. The fraction of sp³-hybridized carbons (Fsp3) is 0.222. The van der Waals surface area contributed by atoms with Crippen LogP contribution in [0.25, 0.3) is 0 Å². The summed E-state index contributed by atoms with van der Waals surface area (Å²) in [6, 6.07) is 5.88. The molecule has 0 spiro atoms. The predicted octanol–water partition coefficient (Wildman–Crippen LogP) is -1.75. The van der Waals surface area contributed by atoms with E-state index in [1.165, 1.54) is 12.1 Å². The molecule has 1 aliphatic heterocycles. The smallest absolute Gasteiger partial charge is 0.238 e. The Morgan fingerprint density at radius 1 is 1.28 bits per heavy atom. The average Bonchev–Trinajstić information content (AvgIpc) is 2.28. The van der Waals surface area contributed by atoms with E-state index in [1.54, 1.807) is 12.1 Å². The van der Waals surface area contributed by atoms with Gasteiger partial charge in [-0.15, -0.1) is 0 Å². The largest absolute Gasteiger partial charge is 0.352 e. The number of carbonyl (C=O) groups is 1. The third kappa shape index (κ3) is 3.17. The van der Waals surface area contributed by atoms with E-state index in [1.807, 2.05) is 0 Å². The van der Waals surface area contributed by atoms with Gasteiger partial charge in [-0.05, 0) is 24.3 Å². The highest BCUT2D eigenvalue weighted by Gasteiger charge is 2.16. The van der Waals surface area contributed by atoms with Gasteiger partial charge >= 0.3 is 0 Å². The zero-order valence-electron chi connectivity index (χ0n) is 9.30. The lowest BCUT2D eigenvalue weighted by atomic mass is 10.3. The molecule has 0 aliphatic carbocycles. The van der Waals surface area contributed by atoms with Crippen molar-refractivity contribution in [3.8, 4) is 0 Å². The summed E-state index contributed by atoms with van der Waals surface area (Å²) in [7, 11) is -3.69. The van der Waals surface area contributed by atoms with Gasteiger partial charge in [0.05, 0.1) is 11.4 Å². The van der Waals surface area contributed by atoms with Gasteiger partial charge in [-0.3, -0.25) is 4.79 Å². The molecule has 1 atom stereocenters. The summed E-state index contributed by atoms with van der Waals surface area (Å²) >= 11 is 0. The second-order valence-corrected chi connectivity index (χ2v) is 5.27. The molecule has 1 amide bonds. The van der Waals surface area contributed by atoms with Gasteiger partial charge in [0, 0.05) is 5.69 Å². The Bertz CT molecular complexity index is 542. The molecule has 1 fully saturated rings. The molecule has 0 radical (unpaired) electrons. The van der Waals surface area contributed by atoms with Crippen molar-refractivity contribution in [1.82, 2.24) is 16.2 Å². The monoisotopic (exact) mass is 271 g/mol. The van der Waals surface area contributed by atoms with Gasteiger partial charge in [-0.1, -0.05) is 0 Å². The van der Waals surface area contributed by atoms with E-state index in [4.69, 9.17) is 5.14 Å². The Morgan fingerprint density at radius 2 is 1.94 bits per heavy atom. The Labute approximate surface area is 104 Å². The summed E-state index contributed by atoms with van der Waals surface area (Å²) in [6.45, 7) is 0.197. The maximum absolute atomic E-state index is 11.1. The lowest BCUT2D eigenvalue weighted by Crippen LogP contribution is -2.63. The number of benzene rings is 1. The Balaban J connectivity index is 2.04. The van der Waals surface area contributed by atoms with Crippen LogP contribution in [-0.4, -0.2) is 27.2 Å². The standard InChI is InChI=1S/C9H13N5O3S/c10-18(16,17)7-3-1-6(2-4-7)12-9-13-8(15)5-11-14-9/h1-4,9,11-12,14H,5H2,(H,13,15)(H2,10,16,17). The molecule has 0 aromatic heterocycles. The minimum absolute atomic E-state index is 0.0341. The SMILES string of the molecule is NS(=O)(=O)c1ccc(NC2NNCC(=O)N2)cc1. The quantitative estimate of drug-likeness (QED) is 0.444. The summed E-state index contributed by atoms with van der Waals surface area (Å²) in [6.07, 6.45) is -0.466. The number of amides is 1. The highest BCUT2D eigenvalue weighted by molar-refractivity contribution is 7.89. The molecule has 1 aliphatic rings. The van der Waals surface area contributed by atoms with E-state index in [-0.39, 0.29) is 17.3 Å². The number of anilines is 1. The second-order valence-electron chi connectivity index (χ2n) is 3.71. The normalized spacial score (nSPS) is 20.3. The van der Waals surface area contributed by atoms with Crippen LogP contribution in [0.2, 0.25) is 0 Å². The maximum atomic E-state index is 11.1. The first-order valence-corrected chi connectivity index (χ1v) is 6.67. The van der Waals surface area contributed by atoms with Crippen molar-refractivity contribution in [3.63, 3.8) is 0 Å². The molecule has 1 aromatic rings. The molecule has 9 heteroatoms. The third-order valence-corrected chi connectivity index (χ3v) is 3.22. The van der Waals surface area contributed by atoms with Crippen LogP contribution in [0, 0.1) is 0 Å². The van der Waals surface area contributed by atoms with Crippen molar-refractivity contribution < 1.29 is 13.2 Å². The van der Waals surface area contributed by atoms with Crippen molar-refractivity contribution in [2.45, 2.75) is 11.2 Å². The van der Waals surface area contributed by atoms with Crippen LogP contribution < -0.4 is 26.6 Å². The molecule has 18 heavy (non-hydrogen) atoms. The van der Waals surface area contributed by atoms with Crippen molar-refractivity contribution in [2.24, 2.45) is 5.14 Å². The molecular formula is C9H13N5O3S. The molecule has 0 saturated carbocycles. The van der Waals surface area contributed by atoms with E-state index >= 15 is 0 Å². The molecule has 2 rings (SSSR count). The first-order chi connectivity index (χ1) is 8.45. The fourth-order valence-electron chi connectivity index (χ4n) is 1.46. The minimum atomic E-state index is -3.69. The molecule has 6 N–H and O–H groups in total. The topological polar surface area (TPSA) is 125 Å². The minimum Gasteiger partial charge on any atom is -0.352 e. The highest BCUT2D eigenvalue weighted by Crippen LogP contribution is 2.12. The van der Waals surface area contributed by atoms with Crippen molar-refractivity contribution in [3.05, 3.63) is 24.3 Å². The van der Waals surface area contributed by atoms with Gasteiger partial charge in [0.15, 0.2) is 6.29 Å². The Morgan fingerprint density at radius 3 is 2.50 bits per heavy atom. The highest BCUT2D eigenvalue weighted by atomic mass is 32.2. The van der Waals surface area contributed by atoms with Gasteiger partial charge in [-0.25, -0.2) is 24.4 Å². The van der Waals surface area contributed by atoms with Crippen molar-refractivity contribution >= 4 is 21.6 Å². The molecule has 1 unspecified atom stereocenters. The van der Waals surface area contributed by atoms with E-state index in [0.29, 0.717) is 5.69 Å². The lowest BCUT2D eigenvalue weighted by molar-refractivity contribution is -0.122. The summed E-state index contributed by atoms with van der Waals surface area (Å²) in [4.78, 5) is 11.1. The van der Waals surface area contributed by atoms with E-state index in [0.717, 1.165) is 0 Å². The summed E-state index contributed by atoms with van der Waals surface area (Å²) in [5.41, 5.74) is 6.15. The number of sulfonamides is 1. The summed E-state index contributed by atoms with van der Waals surface area (Å²) in [5, 5.41) is 10.6. The predicted molar refractivity (Wildman–Crippen MR) is 64.5 cm³/mol. The molecule has 0 bridgehead atoms. The number of rotatable bonds is 3. The number of hydrazine groups is 1. The molecule has 98 valence electrons. The molecule has 1 saturated heterocycles. The molecular weight excluding hydrogens is 258 g/mol. The molecule has 1 heterocycles. The van der Waals surface area contributed by atoms with Gasteiger partial charge < -0.3 is 10.6 Å². The second kappa shape index (κ2) is 4.90. The van der Waals surface area contributed by atoms with Crippen LogP contribution in [0.5, 0.6) is 0 Å². The van der Waals surface area contributed by atoms with Gasteiger partial charge in [-0.2, -0.15) is 0 Å². The van der Waals surface area contributed by atoms with Crippen LogP contribution in [-0.2, 0) is 14.8 Å². The Hall–Kier alpha value is -1.68. The van der Waals surface area contributed by atoms with Gasteiger partial charge in [0.2, 0.25) is 15.9 Å². The fourth-order valence-corrected chi connectivity index (χ4v) is 1.98. The lowest BCUT2D eigenvalue weighted by Gasteiger charge is -2.26. The molecule has 8 nitrogen and oxygen atoms in total. The first kappa shape index (κ1) is 12.8. The Kier molecular flexibility index (Phi) is 3.48. The molecule has 1 aromatic carbocycles. The van der Waals surface area contributed by atoms with E-state index in [9.17, 15) is 13.2 Å². The number of nitrogens with one attached hydrogen (secondary N) is 4. The number of hydrogen-bond donors (Lipinski definition) is 5.